The minimum atomic E-state index is -0.0173. The van der Waals surface area contributed by atoms with E-state index in [4.69, 9.17) is 0 Å². The van der Waals surface area contributed by atoms with E-state index in [9.17, 15) is 4.79 Å². The summed E-state index contributed by atoms with van der Waals surface area (Å²) in [6, 6.07) is 9.94. The average molecular weight is 189 g/mol. The lowest BCUT2D eigenvalue weighted by Crippen LogP contribution is -2.28. The van der Waals surface area contributed by atoms with E-state index >= 15 is 0 Å². The lowest BCUT2D eigenvalue weighted by atomic mass is 10.2. The number of hydrogen-bond donors (Lipinski definition) is 0. The SMILES string of the molecule is C=CC(=O)N(CC)Cc1ccccc1. The zero-order valence-electron chi connectivity index (χ0n) is 8.44. The molecule has 0 aliphatic carbocycles. The third-order valence-electron chi connectivity index (χ3n) is 2.08. The van der Waals surface area contributed by atoms with Gasteiger partial charge in [-0.1, -0.05) is 36.9 Å². The van der Waals surface area contributed by atoms with E-state index in [1.807, 2.05) is 37.3 Å². The fourth-order valence-corrected chi connectivity index (χ4v) is 1.28. The predicted octanol–water partition coefficient (Wildman–Crippen LogP) is 2.22. The van der Waals surface area contributed by atoms with E-state index in [0.717, 1.165) is 5.56 Å². The Morgan fingerprint density at radius 1 is 1.43 bits per heavy atom. The van der Waals surface area contributed by atoms with Gasteiger partial charge in [0.1, 0.15) is 0 Å². The summed E-state index contributed by atoms with van der Waals surface area (Å²) in [7, 11) is 0. The first-order valence-corrected chi connectivity index (χ1v) is 4.73. The summed E-state index contributed by atoms with van der Waals surface area (Å²) in [6.45, 7) is 6.81. The third-order valence-corrected chi connectivity index (χ3v) is 2.08. The third kappa shape index (κ3) is 2.73. The summed E-state index contributed by atoms with van der Waals surface area (Å²) in [6.07, 6.45) is 1.35. The summed E-state index contributed by atoms with van der Waals surface area (Å²) in [5, 5.41) is 0. The van der Waals surface area contributed by atoms with Gasteiger partial charge in [0.25, 0.3) is 0 Å². The molecule has 0 fully saturated rings. The van der Waals surface area contributed by atoms with Crippen LogP contribution in [-0.2, 0) is 11.3 Å². The molecular formula is C12H15NO. The highest BCUT2D eigenvalue weighted by molar-refractivity contribution is 5.86. The van der Waals surface area contributed by atoms with Crippen molar-refractivity contribution in [1.29, 1.82) is 0 Å². The van der Waals surface area contributed by atoms with E-state index in [1.165, 1.54) is 6.08 Å². The van der Waals surface area contributed by atoms with Gasteiger partial charge < -0.3 is 4.90 Å². The number of hydrogen-bond acceptors (Lipinski definition) is 1. The van der Waals surface area contributed by atoms with Gasteiger partial charge in [-0.3, -0.25) is 4.79 Å². The van der Waals surface area contributed by atoms with Crippen molar-refractivity contribution in [3.8, 4) is 0 Å². The first kappa shape index (κ1) is 10.5. The van der Waals surface area contributed by atoms with Crippen LogP contribution >= 0.6 is 0 Å². The maximum atomic E-state index is 11.4. The molecule has 1 amide bonds. The molecule has 2 heteroatoms. The molecule has 14 heavy (non-hydrogen) atoms. The minimum Gasteiger partial charge on any atom is -0.335 e. The largest absolute Gasteiger partial charge is 0.335 e. The van der Waals surface area contributed by atoms with Crippen molar-refractivity contribution in [2.75, 3.05) is 6.54 Å². The van der Waals surface area contributed by atoms with Crippen molar-refractivity contribution in [1.82, 2.24) is 4.90 Å². The van der Waals surface area contributed by atoms with Gasteiger partial charge in [0, 0.05) is 13.1 Å². The van der Waals surface area contributed by atoms with E-state index in [1.54, 1.807) is 4.90 Å². The van der Waals surface area contributed by atoms with E-state index in [-0.39, 0.29) is 5.91 Å². The Labute approximate surface area is 84.9 Å². The fourth-order valence-electron chi connectivity index (χ4n) is 1.28. The molecule has 0 aromatic heterocycles. The normalized spacial score (nSPS) is 9.50. The monoisotopic (exact) mass is 189 g/mol. The maximum Gasteiger partial charge on any atom is 0.246 e. The van der Waals surface area contributed by atoms with Crippen LogP contribution in [0.1, 0.15) is 12.5 Å². The second-order valence-electron chi connectivity index (χ2n) is 3.04. The van der Waals surface area contributed by atoms with Crippen LogP contribution in [-0.4, -0.2) is 17.4 Å². The zero-order valence-corrected chi connectivity index (χ0v) is 8.44. The van der Waals surface area contributed by atoms with Crippen LogP contribution < -0.4 is 0 Å². The van der Waals surface area contributed by atoms with Gasteiger partial charge in [-0.2, -0.15) is 0 Å². The quantitative estimate of drug-likeness (QED) is 0.665. The van der Waals surface area contributed by atoms with Crippen LogP contribution in [0.15, 0.2) is 43.0 Å². The molecular weight excluding hydrogens is 174 g/mol. The molecule has 74 valence electrons. The molecule has 0 aliphatic rings. The highest BCUT2D eigenvalue weighted by Crippen LogP contribution is 2.04. The highest BCUT2D eigenvalue weighted by Gasteiger charge is 2.07. The fraction of sp³-hybridized carbons (Fsp3) is 0.250. The number of nitrogens with zero attached hydrogens (tertiary/aromatic N) is 1. The Hall–Kier alpha value is -1.57. The van der Waals surface area contributed by atoms with Gasteiger partial charge >= 0.3 is 0 Å². The van der Waals surface area contributed by atoms with E-state index < -0.39 is 0 Å². The molecule has 0 radical (unpaired) electrons. The van der Waals surface area contributed by atoms with Crippen molar-refractivity contribution < 1.29 is 4.79 Å². The highest BCUT2D eigenvalue weighted by atomic mass is 16.2. The standard InChI is InChI=1S/C12H15NO/c1-3-12(14)13(4-2)10-11-8-6-5-7-9-11/h3,5-9H,1,4,10H2,2H3. The molecule has 0 atom stereocenters. The van der Waals surface area contributed by atoms with Crippen LogP contribution in [0.25, 0.3) is 0 Å². The number of carbonyl (C=O) groups is 1. The molecule has 1 rings (SSSR count). The molecule has 0 heterocycles. The van der Waals surface area contributed by atoms with Crippen LogP contribution in [0.4, 0.5) is 0 Å². The summed E-state index contributed by atoms with van der Waals surface area (Å²) < 4.78 is 0. The average Bonchev–Trinajstić information content (AvgIpc) is 2.26. The number of likely N-dealkylation sites (N-methyl/N-ethyl adjacent to an activating group) is 1. The predicted molar refractivity (Wildman–Crippen MR) is 57.7 cm³/mol. The number of benzene rings is 1. The van der Waals surface area contributed by atoms with E-state index in [0.29, 0.717) is 13.1 Å². The molecule has 1 aromatic carbocycles. The molecule has 1 aromatic rings. The Morgan fingerprint density at radius 2 is 2.07 bits per heavy atom. The van der Waals surface area contributed by atoms with Crippen LogP contribution in [0.5, 0.6) is 0 Å². The number of carbonyl (C=O) groups excluding carboxylic acids is 1. The van der Waals surface area contributed by atoms with Crippen molar-refractivity contribution >= 4 is 5.91 Å². The van der Waals surface area contributed by atoms with Gasteiger partial charge in [-0.05, 0) is 18.6 Å². The van der Waals surface area contributed by atoms with Gasteiger partial charge in [-0.25, -0.2) is 0 Å². The van der Waals surface area contributed by atoms with Crippen molar-refractivity contribution in [2.24, 2.45) is 0 Å². The Bertz CT molecular complexity index is 305. The van der Waals surface area contributed by atoms with E-state index in [2.05, 4.69) is 6.58 Å². The summed E-state index contributed by atoms with van der Waals surface area (Å²) in [5.74, 6) is -0.0173. The summed E-state index contributed by atoms with van der Waals surface area (Å²) in [5.41, 5.74) is 1.14. The van der Waals surface area contributed by atoms with Crippen molar-refractivity contribution in [3.63, 3.8) is 0 Å². The van der Waals surface area contributed by atoms with Crippen molar-refractivity contribution in [3.05, 3.63) is 48.6 Å². The molecule has 0 saturated heterocycles. The maximum absolute atomic E-state index is 11.4. The Kier molecular flexibility index (Phi) is 3.92. The number of amides is 1. The molecule has 0 bridgehead atoms. The van der Waals surface area contributed by atoms with Gasteiger partial charge in [0.2, 0.25) is 5.91 Å². The molecule has 0 spiro atoms. The lowest BCUT2D eigenvalue weighted by molar-refractivity contribution is -0.126. The second kappa shape index (κ2) is 5.22. The topological polar surface area (TPSA) is 20.3 Å². The first-order valence-electron chi connectivity index (χ1n) is 4.73. The van der Waals surface area contributed by atoms with Crippen LogP contribution in [0, 0.1) is 0 Å². The molecule has 0 saturated carbocycles. The second-order valence-corrected chi connectivity index (χ2v) is 3.04. The first-order chi connectivity index (χ1) is 6.77. The lowest BCUT2D eigenvalue weighted by Gasteiger charge is -2.18. The molecule has 0 unspecified atom stereocenters. The Morgan fingerprint density at radius 3 is 2.57 bits per heavy atom. The molecule has 2 nitrogen and oxygen atoms in total. The smallest absolute Gasteiger partial charge is 0.246 e. The molecule has 0 aliphatic heterocycles. The van der Waals surface area contributed by atoms with Gasteiger partial charge in [-0.15, -0.1) is 0 Å². The van der Waals surface area contributed by atoms with Crippen molar-refractivity contribution in [2.45, 2.75) is 13.5 Å². The summed E-state index contributed by atoms with van der Waals surface area (Å²) >= 11 is 0. The Balaban J connectivity index is 2.66. The molecule has 0 N–H and O–H groups in total. The summed E-state index contributed by atoms with van der Waals surface area (Å²) in [4.78, 5) is 13.1. The van der Waals surface area contributed by atoms with Gasteiger partial charge in [0.05, 0.1) is 0 Å². The minimum absolute atomic E-state index is 0.0173. The van der Waals surface area contributed by atoms with Crippen LogP contribution in [0.3, 0.4) is 0 Å². The zero-order chi connectivity index (χ0) is 10.4. The number of rotatable bonds is 4. The van der Waals surface area contributed by atoms with Crippen LogP contribution in [0.2, 0.25) is 0 Å². The van der Waals surface area contributed by atoms with Gasteiger partial charge in [0.15, 0.2) is 0 Å².